The van der Waals surface area contributed by atoms with Crippen LogP contribution in [0.3, 0.4) is 0 Å². The third-order valence-electron chi connectivity index (χ3n) is 5.37. The van der Waals surface area contributed by atoms with E-state index in [0.29, 0.717) is 11.4 Å². The van der Waals surface area contributed by atoms with Crippen molar-refractivity contribution >= 4 is 51.5 Å². The van der Waals surface area contributed by atoms with Crippen molar-refractivity contribution < 1.29 is 22.8 Å². The first kappa shape index (κ1) is 29.8. The average molecular weight is 571 g/mol. The third kappa shape index (κ3) is 8.10. The standard InChI is InChI=1S/C27H25F3N6O3S/c1-3-36-25(39)22(40-26(36)21(15-31)24(38)33-17-27(28,29)30)12-13-32-18-8-7-9-19(14-18)34-23(37)16-35(2)20-10-5-4-6-11-20/h4-11,13-14,32H,3,16-17H2,1-2H3,(H,33,38)(H,34,37)/b26-21-. The van der Waals surface area contributed by atoms with E-state index in [1.54, 1.807) is 42.6 Å². The summed E-state index contributed by atoms with van der Waals surface area (Å²) < 4.78 is 38.5. The van der Waals surface area contributed by atoms with Crippen LogP contribution in [0, 0.1) is 11.3 Å². The molecule has 2 amide bonds. The van der Waals surface area contributed by atoms with Gasteiger partial charge in [-0.25, -0.2) is 0 Å². The Hall–Kier alpha value is -4.79. The Morgan fingerprint density at radius 1 is 1.12 bits per heavy atom. The molecule has 208 valence electrons. The second-order valence-electron chi connectivity index (χ2n) is 8.32. The molecule has 2 aromatic carbocycles. The van der Waals surface area contributed by atoms with Gasteiger partial charge in [0, 0.05) is 36.9 Å². The number of halogens is 3. The molecule has 0 spiro atoms. The number of hydrogen-bond acceptors (Lipinski definition) is 7. The molecule has 3 aromatic rings. The van der Waals surface area contributed by atoms with Crippen LogP contribution in [0.25, 0.3) is 11.3 Å². The fraction of sp³-hybridized carbons (Fsp3) is 0.222. The zero-order valence-corrected chi connectivity index (χ0v) is 22.3. The minimum atomic E-state index is -4.65. The van der Waals surface area contributed by atoms with E-state index in [-0.39, 0.29) is 28.2 Å². The Labute approximate surface area is 231 Å². The second-order valence-corrected chi connectivity index (χ2v) is 9.32. The molecule has 3 N–H and O–H groups in total. The molecule has 1 aromatic heterocycles. The summed E-state index contributed by atoms with van der Waals surface area (Å²) in [6.45, 7) is 0.211. The van der Waals surface area contributed by atoms with Gasteiger partial charge in [-0.3, -0.25) is 19.0 Å². The summed E-state index contributed by atoms with van der Waals surface area (Å²) in [5, 5.41) is 16.8. The molecule has 13 heteroatoms. The molecule has 0 aliphatic heterocycles. The number of amides is 2. The predicted molar refractivity (Wildman–Crippen MR) is 148 cm³/mol. The number of carbonyl (C=O) groups excluding carboxylic acids is 2. The number of aromatic nitrogens is 1. The number of nitrogens with one attached hydrogen (secondary N) is 3. The summed E-state index contributed by atoms with van der Waals surface area (Å²) >= 11 is 0.760. The van der Waals surface area contributed by atoms with Crippen molar-refractivity contribution in [3.8, 4) is 6.07 Å². The number of thiazole rings is 1. The van der Waals surface area contributed by atoms with Crippen molar-refractivity contribution in [2.24, 2.45) is 0 Å². The molecule has 0 radical (unpaired) electrons. The van der Waals surface area contributed by atoms with E-state index in [9.17, 15) is 32.8 Å². The molecule has 0 saturated heterocycles. The highest BCUT2D eigenvalue weighted by molar-refractivity contribution is 7.07. The van der Waals surface area contributed by atoms with Crippen molar-refractivity contribution in [3.05, 3.63) is 80.3 Å². The van der Waals surface area contributed by atoms with Crippen molar-refractivity contribution in [3.63, 3.8) is 0 Å². The van der Waals surface area contributed by atoms with Crippen LogP contribution < -0.4 is 35.6 Å². The smallest absolute Gasteiger partial charge is 0.365 e. The summed E-state index contributed by atoms with van der Waals surface area (Å²) in [5.41, 5.74) is 3.61. The Morgan fingerprint density at radius 3 is 2.48 bits per heavy atom. The van der Waals surface area contributed by atoms with E-state index in [2.05, 4.69) is 16.4 Å². The van der Waals surface area contributed by atoms with Gasteiger partial charge in [0.05, 0.1) is 6.54 Å². The normalized spacial score (nSPS) is 11.5. The van der Waals surface area contributed by atoms with Crippen molar-refractivity contribution in [2.45, 2.75) is 19.6 Å². The highest BCUT2D eigenvalue weighted by atomic mass is 32.1. The van der Waals surface area contributed by atoms with Gasteiger partial charge in [0.15, 0.2) is 5.57 Å². The Balaban J connectivity index is 1.79. The molecule has 0 unspecified atom stereocenters. The number of nitrogens with zero attached hydrogens (tertiary/aromatic N) is 3. The minimum Gasteiger partial charge on any atom is -0.365 e. The lowest BCUT2D eigenvalue weighted by Gasteiger charge is -2.18. The molecular formula is C27H25F3N6O3S. The quantitative estimate of drug-likeness (QED) is 0.364. The lowest BCUT2D eigenvalue weighted by atomic mass is 10.2. The summed E-state index contributed by atoms with van der Waals surface area (Å²) in [6.07, 6.45) is -3.31. The number of carbonyl (C=O) groups is 2. The Kier molecular flexibility index (Phi) is 9.92. The van der Waals surface area contributed by atoms with E-state index >= 15 is 0 Å². The predicted octanol–water partition coefficient (Wildman–Crippen LogP) is 2.36. The number of hydrogen-bond donors (Lipinski definition) is 3. The van der Waals surface area contributed by atoms with E-state index in [4.69, 9.17) is 0 Å². The van der Waals surface area contributed by atoms with Gasteiger partial charge in [0.25, 0.3) is 11.5 Å². The van der Waals surface area contributed by atoms with Crippen LogP contribution >= 0.6 is 11.3 Å². The molecule has 40 heavy (non-hydrogen) atoms. The molecule has 0 saturated carbocycles. The first-order valence-corrected chi connectivity index (χ1v) is 12.7. The molecule has 0 aliphatic carbocycles. The van der Waals surface area contributed by atoms with Gasteiger partial charge < -0.3 is 20.9 Å². The highest BCUT2D eigenvalue weighted by Crippen LogP contribution is 2.16. The fourth-order valence-electron chi connectivity index (χ4n) is 3.50. The largest absolute Gasteiger partial charge is 0.405 e. The van der Waals surface area contributed by atoms with Crippen molar-refractivity contribution in [1.29, 1.82) is 5.26 Å². The second kappa shape index (κ2) is 13.3. The molecular weight excluding hydrogens is 545 g/mol. The van der Waals surface area contributed by atoms with E-state index in [1.807, 2.05) is 42.3 Å². The van der Waals surface area contributed by atoms with Gasteiger partial charge in [-0.15, -0.1) is 11.3 Å². The maximum Gasteiger partial charge on any atom is 0.405 e. The Morgan fingerprint density at radius 2 is 1.82 bits per heavy atom. The van der Waals surface area contributed by atoms with E-state index < -0.39 is 29.8 Å². The third-order valence-corrected chi connectivity index (χ3v) is 6.48. The fourth-order valence-corrected chi connectivity index (χ4v) is 4.57. The van der Waals surface area contributed by atoms with Crippen LogP contribution in [0.4, 0.5) is 30.2 Å². The SMILES string of the molecule is CCn1c(=O)c(=C=CNc2cccc(NC(=O)CN(C)c3ccccc3)c2)s/c1=C(/C#N)C(=O)NCC(F)(F)F. The van der Waals surface area contributed by atoms with Crippen LogP contribution in [0.2, 0.25) is 0 Å². The first-order valence-electron chi connectivity index (χ1n) is 11.9. The average Bonchev–Trinajstić information content (AvgIpc) is 3.22. The highest BCUT2D eigenvalue weighted by Gasteiger charge is 2.28. The lowest BCUT2D eigenvalue weighted by molar-refractivity contribution is -0.135. The number of benzene rings is 2. The van der Waals surface area contributed by atoms with Crippen LogP contribution in [-0.2, 0) is 16.1 Å². The maximum atomic E-state index is 12.8. The zero-order chi connectivity index (χ0) is 29.3. The number of nitriles is 1. The number of para-hydroxylation sites is 1. The molecule has 0 fully saturated rings. The summed E-state index contributed by atoms with van der Waals surface area (Å²) in [6, 6.07) is 17.9. The number of anilines is 3. The molecule has 0 atom stereocenters. The summed E-state index contributed by atoms with van der Waals surface area (Å²) in [7, 11) is 1.81. The molecule has 0 bridgehead atoms. The van der Waals surface area contributed by atoms with Gasteiger partial charge >= 0.3 is 6.18 Å². The molecule has 9 nitrogen and oxygen atoms in total. The van der Waals surface area contributed by atoms with Gasteiger partial charge in [0.2, 0.25) is 5.91 Å². The number of likely N-dealkylation sites (N-methyl/N-ethyl adjacent to an activating group) is 1. The molecule has 0 aliphatic rings. The summed E-state index contributed by atoms with van der Waals surface area (Å²) in [4.78, 5) is 39.3. The van der Waals surface area contributed by atoms with E-state index in [1.165, 1.54) is 6.20 Å². The van der Waals surface area contributed by atoms with Crippen LogP contribution in [-0.4, -0.2) is 42.7 Å². The molecule has 3 rings (SSSR count). The monoisotopic (exact) mass is 570 g/mol. The van der Waals surface area contributed by atoms with Crippen LogP contribution in [0.15, 0.2) is 65.6 Å². The topological polar surface area (TPSA) is 119 Å². The van der Waals surface area contributed by atoms with E-state index in [0.717, 1.165) is 21.6 Å². The van der Waals surface area contributed by atoms with Gasteiger partial charge in [-0.2, -0.15) is 18.4 Å². The van der Waals surface area contributed by atoms with Crippen LogP contribution in [0.1, 0.15) is 6.92 Å². The van der Waals surface area contributed by atoms with Gasteiger partial charge in [0.1, 0.15) is 21.8 Å². The zero-order valence-electron chi connectivity index (χ0n) is 21.5. The minimum absolute atomic E-state index is 0.0362. The number of rotatable bonds is 9. The Bertz CT molecular complexity index is 1630. The lowest BCUT2D eigenvalue weighted by Crippen LogP contribution is -2.37. The van der Waals surface area contributed by atoms with Crippen molar-refractivity contribution in [1.82, 2.24) is 9.88 Å². The summed E-state index contributed by atoms with van der Waals surface area (Å²) in [5.74, 6) is -1.45. The number of alkyl halides is 3. The van der Waals surface area contributed by atoms with Crippen LogP contribution in [0.5, 0.6) is 0 Å². The van der Waals surface area contributed by atoms with Gasteiger partial charge in [-0.1, -0.05) is 30.0 Å². The van der Waals surface area contributed by atoms with Crippen molar-refractivity contribution in [2.75, 3.05) is 35.7 Å². The maximum absolute atomic E-state index is 12.8. The van der Waals surface area contributed by atoms with Gasteiger partial charge in [-0.05, 0) is 37.3 Å². The molecule has 1 heterocycles. The first-order chi connectivity index (χ1) is 19.0.